The van der Waals surface area contributed by atoms with E-state index in [1.807, 2.05) is 30.3 Å². The van der Waals surface area contributed by atoms with E-state index in [2.05, 4.69) is 32.8 Å². The fraction of sp³-hybridized carbons (Fsp3) is 0.417. The molecular weight excluding hydrogens is 264 g/mol. The van der Waals surface area contributed by atoms with Crippen molar-refractivity contribution >= 4 is 12.4 Å². The van der Waals surface area contributed by atoms with E-state index in [-0.39, 0.29) is 12.4 Å². The predicted molar refractivity (Wildman–Crippen MR) is 74.5 cm³/mol. The molecule has 0 bridgehead atoms. The SMILES string of the molecule is CN(Cc1nnnn1-c1ccccc1)C1CNC1.Cl. The lowest BCUT2D eigenvalue weighted by atomic mass is 10.1. The van der Waals surface area contributed by atoms with Crippen LogP contribution in [0, 0.1) is 0 Å². The molecule has 1 aromatic heterocycles. The fourth-order valence-corrected chi connectivity index (χ4v) is 2.01. The Kier molecular flexibility index (Phi) is 4.47. The number of likely N-dealkylation sites (N-methyl/N-ethyl adjacent to an activating group) is 1. The molecular formula is C12H17ClN6. The first-order valence-electron chi connectivity index (χ1n) is 6.08. The second-order valence-corrected chi connectivity index (χ2v) is 4.57. The van der Waals surface area contributed by atoms with Crippen molar-refractivity contribution in [3.05, 3.63) is 36.2 Å². The molecule has 1 aromatic carbocycles. The summed E-state index contributed by atoms with van der Waals surface area (Å²) in [4.78, 5) is 2.28. The maximum absolute atomic E-state index is 4.11. The van der Waals surface area contributed by atoms with Crippen LogP contribution in [0.25, 0.3) is 5.69 Å². The highest BCUT2D eigenvalue weighted by atomic mass is 35.5. The van der Waals surface area contributed by atoms with Crippen LogP contribution in [0.1, 0.15) is 5.82 Å². The van der Waals surface area contributed by atoms with Crippen molar-refractivity contribution in [1.82, 2.24) is 30.4 Å². The molecule has 0 aliphatic carbocycles. The Balaban J connectivity index is 0.00000133. The first-order valence-corrected chi connectivity index (χ1v) is 6.08. The van der Waals surface area contributed by atoms with Crippen molar-refractivity contribution < 1.29 is 0 Å². The van der Waals surface area contributed by atoms with Gasteiger partial charge in [-0.3, -0.25) is 4.90 Å². The van der Waals surface area contributed by atoms with Crippen molar-refractivity contribution in [3.63, 3.8) is 0 Å². The van der Waals surface area contributed by atoms with Gasteiger partial charge in [-0.15, -0.1) is 17.5 Å². The third kappa shape index (κ3) is 2.91. The van der Waals surface area contributed by atoms with E-state index in [9.17, 15) is 0 Å². The summed E-state index contributed by atoms with van der Waals surface area (Å²) in [6, 6.07) is 10.6. The van der Waals surface area contributed by atoms with Crippen LogP contribution in [-0.2, 0) is 6.54 Å². The number of benzene rings is 1. The maximum atomic E-state index is 4.11. The van der Waals surface area contributed by atoms with Gasteiger partial charge in [-0.05, 0) is 29.6 Å². The molecule has 0 radical (unpaired) electrons. The third-order valence-electron chi connectivity index (χ3n) is 3.31. The first kappa shape index (κ1) is 13.9. The predicted octanol–water partition coefficient (Wildman–Crippen LogP) is 0.488. The van der Waals surface area contributed by atoms with E-state index in [1.54, 1.807) is 4.68 Å². The Morgan fingerprint density at radius 3 is 2.68 bits per heavy atom. The Morgan fingerprint density at radius 1 is 1.32 bits per heavy atom. The van der Waals surface area contributed by atoms with Crippen molar-refractivity contribution in [2.24, 2.45) is 0 Å². The van der Waals surface area contributed by atoms with Gasteiger partial charge in [0, 0.05) is 19.1 Å². The number of aromatic nitrogens is 4. The van der Waals surface area contributed by atoms with Crippen molar-refractivity contribution in [3.8, 4) is 5.69 Å². The van der Waals surface area contributed by atoms with Crippen LogP contribution >= 0.6 is 12.4 Å². The number of tetrazole rings is 1. The summed E-state index contributed by atoms with van der Waals surface area (Å²) in [7, 11) is 2.11. The van der Waals surface area contributed by atoms with Gasteiger partial charge in [-0.1, -0.05) is 18.2 Å². The summed E-state index contributed by atoms with van der Waals surface area (Å²) in [5.74, 6) is 0.871. The second-order valence-electron chi connectivity index (χ2n) is 4.57. The molecule has 1 N–H and O–H groups in total. The molecule has 1 aliphatic rings. The zero-order valence-electron chi connectivity index (χ0n) is 10.7. The molecule has 3 rings (SSSR count). The van der Waals surface area contributed by atoms with Gasteiger partial charge in [0.25, 0.3) is 0 Å². The molecule has 1 saturated heterocycles. The largest absolute Gasteiger partial charge is 0.314 e. The normalized spacial score (nSPS) is 15.1. The molecule has 0 spiro atoms. The van der Waals surface area contributed by atoms with Gasteiger partial charge in [0.15, 0.2) is 5.82 Å². The first-order chi connectivity index (χ1) is 8.84. The lowest BCUT2D eigenvalue weighted by molar-refractivity contribution is 0.168. The number of para-hydroxylation sites is 1. The highest BCUT2D eigenvalue weighted by Crippen LogP contribution is 2.11. The maximum Gasteiger partial charge on any atom is 0.170 e. The van der Waals surface area contributed by atoms with Crippen molar-refractivity contribution in [2.75, 3.05) is 20.1 Å². The highest BCUT2D eigenvalue weighted by Gasteiger charge is 2.23. The minimum atomic E-state index is 0. The van der Waals surface area contributed by atoms with Gasteiger partial charge < -0.3 is 5.32 Å². The summed E-state index contributed by atoms with van der Waals surface area (Å²) in [5.41, 5.74) is 0.998. The fourth-order valence-electron chi connectivity index (χ4n) is 2.01. The molecule has 6 nitrogen and oxygen atoms in total. The monoisotopic (exact) mass is 280 g/mol. The van der Waals surface area contributed by atoms with Gasteiger partial charge in [-0.25, -0.2) is 0 Å². The van der Waals surface area contributed by atoms with Gasteiger partial charge >= 0.3 is 0 Å². The number of nitrogens with one attached hydrogen (secondary N) is 1. The number of rotatable bonds is 4. The minimum absolute atomic E-state index is 0. The Morgan fingerprint density at radius 2 is 2.05 bits per heavy atom. The third-order valence-corrected chi connectivity index (χ3v) is 3.31. The van der Waals surface area contributed by atoms with E-state index >= 15 is 0 Å². The van der Waals surface area contributed by atoms with Gasteiger partial charge in [-0.2, -0.15) is 4.68 Å². The van der Waals surface area contributed by atoms with Crippen molar-refractivity contribution in [2.45, 2.75) is 12.6 Å². The van der Waals surface area contributed by atoms with Crippen LogP contribution in [0.15, 0.2) is 30.3 Å². The molecule has 19 heavy (non-hydrogen) atoms. The smallest absolute Gasteiger partial charge is 0.170 e. The minimum Gasteiger partial charge on any atom is -0.314 e. The lowest BCUT2D eigenvalue weighted by Gasteiger charge is -2.35. The van der Waals surface area contributed by atoms with E-state index in [0.717, 1.165) is 31.1 Å². The Hall–Kier alpha value is -1.50. The molecule has 2 heterocycles. The van der Waals surface area contributed by atoms with Crippen molar-refractivity contribution in [1.29, 1.82) is 0 Å². The number of nitrogens with zero attached hydrogens (tertiary/aromatic N) is 5. The van der Waals surface area contributed by atoms with Crippen LogP contribution in [0.3, 0.4) is 0 Å². The molecule has 1 aliphatic heterocycles. The summed E-state index contributed by atoms with van der Waals surface area (Å²) in [6.07, 6.45) is 0. The summed E-state index contributed by atoms with van der Waals surface area (Å²) in [5, 5.41) is 15.2. The van der Waals surface area contributed by atoms with Gasteiger partial charge in [0.05, 0.1) is 12.2 Å². The van der Waals surface area contributed by atoms with Crippen LogP contribution in [0.4, 0.5) is 0 Å². The highest BCUT2D eigenvalue weighted by molar-refractivity contribution is 5.85. The van der Waals surface area contributed by atoms with Gasteiger partial charge in [0.1, 0.15) is 0 Å². The molecule has 0 saturated carbocycles. The lowest BCUT2D eigenvalue weighted by Crippen LogP contribution is -2.55. The van der Waals surface area contributed by atoms with E-state index in [0.29, 0.717) is 6.04 Å². The molecule has 0 atom stereocenters. The van der Waals surface area contributed by atoms with Crippen LogP contribution in [-0.4, -0.2) is 51.3 Å². The molecule has 0 unspecified atom stereocenters. The zero-order valence-corrected chi connectivity index (χ0v) is 11.5. The Bertz CT molecular complexity index is 510. The van der Waals surface area contributed by atoms with Gasteiger partial charge in [0.2, 0.25) is 0 Å². The average molecular weight is 281 g/mol. The summed E-state index contributed by atoms with van der Waals surface area (Å²) < 4.78 is 1.79. The molecule has 1 fully saturated rings. The molecule has 102 valence electrons. The Labute approximate surface area is 118 Å². The van der Waals surface area contributed by atoms with E-state index in [4.69, 9.17) is 0 Å². The van der Waals surface area contributed by atoms with E-state index < -0.39 is 0 Å². The average Bonchev–Trinajstić information content (AvgIpc) is 2.76. The van der Waals surface area contributed by atoms with E-state index in [1.165, 1.54) is 0 Å². The molecule has 0 amide bonds. The number of hydrogen-bond acceptors (Lipinski definition) is 5. The molecule has 2 aromatic rings. The zero-order chi connectivity index (χ0) is 12.4. The van der Waals surface area contributed by atoms with Crippen LogP contribution in [0.2, 0.25) is 0 Å². The standard InChI is InChI=1S/C12H16N6.ClH/c1-17(11-7-13-8-11)9-12-14-15-16-18(12)10-5-3-2-4-6-10;/h2-6,11,13H,7-9H2,1H3;1H. The second kappa shape index (κ2) is 6.10. The van der Waals surface area contributed by atoms with Crippen LogP contribution in [0.5, 0.6) is 0 Å². The number of hydrogen-bond donors (Lipinski definition) is 1. The topological polar surface area (TPSA) is 58.9 Å². The van der Waals surface area contributed by atoms with Crippen LogP contribution < -0.4 is 5.32 Å². The quantitative estimate of drug-likeness (QED) is 0.883. The summed E-state index contributed by atoms with van der Waals surface area (Å²) in [6.45, 7) is 2.85. The summed E-state index contributed by atoms with van der Waals surface area (Å²) >= 11 is 0. The number of halogens is 1. The molecule has 7 heteroatoms.